The standard InChI is InChI=1S/C13H18ClNO2/c1-3-13(16-6-7-17-13)8-10-9(2)11(14)4-5-12(10)15/h4-5H,3,6-8,15H2,1-2H3. The fourth-order valence-corrected chi connectivity index (χ4v) is 2.36. The Labute approximate surface area is 107 Å². The van der Waals surface area contributed by atoms with E-state index in [4.69, 9.17) is 26.8 Å². The molecule has 1 aliphatic heterocycles. The number of ether oxygens (including phenoxy) is 2. The number of hydrogen-bond acceptors (Lipinski definition) is 3. The average molecular weight is 256 g/mol. The summed E-state index contributed by atoms with van der Waals surface area (Å²) in [4.78, 5) is 0. The maximum Gasteiger partial charge on any atom is 0.172 e. The van der Waals surface area contributed by atoms with E-state index in [9.17, 15) is 0 Å². The van der Waals surface area contributed by atoms with E-state index < -0.39 is 5.79 Å². The zero-order chi connectivity index (χ0) is 12.5. The third kappa shape index (κ3) is 2.41. The molecule has 17 heavy (non-hydrogen) atoms. The molecule has 1 saturated heterocycles. The fourth-order valence-electron chi connectivity index (χ4n) is 2.18. The third-order valence-corrected chi connectivity index (χ3v) is 3.78. The van der Waals surface area contributed by atoms with Crippen LogP contribution in [0.1, 0.15) is 24.5 Å². The number of nitrogens with two attached hydrogens (primary N) is 1. The topological polar surface area (TPSA) is 44.5 Å². The third-order valence-electron chi connectivity index (χ3n) is 3.37. The highest BCUT2D eigenvalue weighted by Crippen LogP contribution is 2.33. The molecule has 0 atom stereocenters. The van der Waals surface area contributed by atoms with Crippen molar-refractivity contribution in [1.29, 1.82) is 0 Å². The lowest BCUT2D eigenvalue weighted by atomic mass is 9.97. The van der Waals surface area contributed by atoms with Crippen molar-refractivity contribution in [3.8, 4) is 0 Å². The number of anilines is 1. The van der Waals surface area contributed by atoms with Crippen molar-refractivity contribution in [2.24, 2.45) is 0 Å². The molecule has 0 aromatic heterocycles. The Morgan fingerprint density at radius 2 is 2.00 bits per heavy atom. The minimum atomic E-state index is -0.524. The number of nitrogen functional groups attached to an aromatic ring is 1. The van der Waals surface area contributed by atoms with E-state index in [0.29, 0.717) is 19.6 Å². The van der Waals surface area contributed by atoms with Crippen LogP contribution in [0.3, 0.4) is 0 Å². The first-order chi connectivity index (χ1) is 8.08. The minimum absolute atomic E-state index is 0.524. The molecule has 4 heteroatoms. The first kappa shape index (κ1) is 12.7. The molecule has 0 radical (unpaired) electrons. The fraction of sp³-hybridized carbons (Fsp3) is 0.538. The number of hydrogen-bond donors (Lipinski definition) is 1. The van der Waals surface area contributed by atoms with Gasteiger partial charge in [0.05, 0.1) is 13.2 Å². The molecule has 0 spiro atoms. The van der Waals surface area contributed by atoms with Crippen LogP contribution in [0.2, 0.25) is 5.02 Å². The lowest BCUT2D eigenvalue weighted by Crippen LogP contribution is -2.32. The normalized spacial score (nSPS) is 18.5. The summed E-state index contributed by atoms with van der Waals surface area (Å²) >= 11 is 6.12. The quantitative estimate of drug-likeness (QED) is 0.845. The Kier molecular flexibility index (Phi) is 3.61. The molecule has 1 aromatic carbocycles. The van der Waals surface area contributed by atoms with Crippen LogP contribution < -0.4 is 5.73 Å². The largest absolute Gasteiger partial charge is 0.398 e. The van der Waals surface area contributed by atoms with E-state index in [-0.39, 0.29) is 0 Å². The lowest BCUT2D eigenvalue weighted by molar-refractivity contribution is -0.157. The molecule has 3 nitrogen and oxygen atoms in total. The van der Waals surface area contributed by atoms with Crippen LogP contribution in [0.15, 0.2) is 12.1 Å². The predicted octanol–water partition coefficient (Wildman–Crippen LogP) is 2.93. The van der Waals surface area contributed by atoms with Crippen molar-refractivity contribution in [3.05, 3.63) is 28.3 Å². The SMILES string of the molecule is CCC1(Cc2c(N)ccc(Cl)c2C)OCCO1. The second-order valence-electron chi connectivity index (χ2n) is 4.38. The van der Waals surface area contributed by atoms with Crippen molar-refractivity contribution in [2.45, 2.75) is 32.5 Å². The summed E-state index contributed by atoms with van der Waals surface area (Å²) < 4.78 is 11.4. The van der Waals surface area contributed by atoms with Crippen LogP contribution in [-0.2, 0) is 15.9 Å². The summed E-state index contributed by atoms with van der Waals surface area (Å²) in [6.45, 7) is 5.33. The van der Waals surface area contributed by atoms with Gasteiger partial charge >= 0.3 is 0 Å². The Hall–Kier alpha value is -0.770. The van der Waals surface area contributed by atoms with E-state index >= 15 is 0 Å². The van der Waals surface area contributed by atoms with Gasteiger partial charge in [-0.25, -0.2) is 0 Å². The first-order valence-corrected chi connectivity index (χ1v) is 6.27. The van der Waals surface area contributed by atoms with E-state index in [1.807, 2.05) is 19.1 Å². The Bertz CT molecular complexity index is 414. The van der Waals surface area contributed by atoms with Crippen LogP contribution in [-0.4, -0.2) is 19.0 Å². The highest BCUT2D eigenvalue weighted by Gasteiger charge is 2.35. The predicted molar refractivity (Wildman–Crippen MR) is 69.2 cm³/mol. The molecule has 2 rings (SSSR count). The summed E-state index contributed by atoms with van der Waals surface area (Å²) in [6, 6.07) is 3.66. The van der Waals surface area contributed by atoms with Crippen molar-refractivity contribution in [2.75, 3.05) is 18.9 Å². The van der Waals surface area contributed by atoms with Gasteiger partial charge in [0.15, 0.2) is 5.79 Å². The first-order valence-electron chi connectivity index (χ1n) is 5.89. The molecule has 0 aliphatic carbocycles. The monoisotopic (exact) mass is 255 g/mol. The van der Waals surface area contributed by atoms with Gasteiger partial charge in [-0.2, -0.15) is 0 Å². The van der Waals surface area contributed by atoms with Gasteiger partial charge in [-0.1, -0.05) is 18.5 Å². The summed E-state index contributed by atoms with van der Waals surface area (Å²) in [7, 11) is 0. The molecule has 94 valence electrons. The molecule has 2 N–H and O–H groups in total. The van der Waals surface area contributed by atoms with Gasteiger partial charge in [-0.15, -0.1) is 0 Å². The molecule has 1 aromatic rings. The maximum atomic E-state index is 6.12. The van der Waals surface area contributed by atoms with Crippen LogP contribution in [0.4, 0.5) is 5.69 Å². The van der Waals surface area contributed by atoms with E-state index in [1.54, 1.807) is 0 Å². The van der Waals surface area contributed by atoms with Gasteiger partial charge in [-0.05, 0) is 36.6 Å². The van der Waals surface area contributed by atoms with Crippen LogP contribution in [0.5, 0.6) is 0 Å². The number of halogens is 1. The second-order valence-corrected chi connectivity index (χ2v) is 4.79. The molecule has 0 saturated carbocycles. The van der Waals surface area contributed by atoms with Crippen LogP contribution in [0.25, 0.3) is 0 Å². The zero-order valence-electron chi connectivity index (χ0n) is 10.3. The zero-order valence-corrected chi connectivity index (χ0v) is 11.0. The Morgan fingerprint density at radius 1 is 1.35 bits per heavy atom. The molecule has 0 bridgehead atoms. The van der Waals surface area contributed by atoms with Gasteiger partial charge in [-0.3, -0.25) is 0 Å². The molecular weight excluding hydrogens is 238 g/mol. The summed E-state index contributed by atoms with van der Waals surface area (Å²) in [5, 5.41) is 0.735. The van der Waals surface area contributed by atoms with Crippen molar-refractivity contribution < 1.29 is 9.47 Å². The van der Waals surface area contributed by atoms with Crippen LogP contribution >= 0.6 is 11.6 Å². The highest BCUT2D eigenvalue weighted by atomic mass is 35.5. The van der Waals surface area contributed by atoms with E-state index in [2.05, 4.69) is 6.92 Å². The molecule has 1 heterocycles. The molecule has 0 amide bonds. The Balaban J connectivity index is 2.32. The molecule has 1 fully saturated rings. The van der Waals surface area contributed by atoms with Crippen molar-refractivity contribution in [3.63, 3.8) is 0 Å². The van der Waals surface area contributed by atoms with Crippen molar-refractivity contribution in [1.82, 2.24) is 0 Å². The number of benzene rings is 1. The Morgan fingerprint density at radius 3 is 2.59 bits per heavy atom. The average Bonchev–Trinajstić information content (AvgIpc) is 2.79. The van der Waals surface area contributed by atoms with Gasteiger partial charge in [0.2, 0.25) is 0 Å². The lowest BCUT2D eigenvalue weighted by Gasteiger charge is -2.27. The number of rotatable bonds is 3. The highest BCUT2D eigenvalue weighted by molar-refractivity contribution is 6.31. The van der Waals surface area contributed by atoms with Gasteiger partial charge in [0.25, 0.3) is 0 Å². The molecular formula is C13H18ClNO2. The summed E-state index contributed by atoms with van der Waals surface area (Å²) in [5.74, 6) is -0.524. The van der Waals surface area contributed by atoms with Gasteiger partial charge in [0, 0.05) is 17.1 Å². The molecule has 0 unspecified atom stereocenters. The summed E-state index contributed by atoms with van der Waals surface area (Å²) in [5.41, 5.74) is 8.80. The second kappa shape index (κ2) is 4.84. The smallest absolute Gasteiger partial charge is 0.172 e. The van der Waals surface area contributed by atoms with Gasteiger partial charge in [0.1, 0.15) is 0 Å². The van der Waals surface area contributed by atoms with Crippen molar-refractivity contribution >= 4 is 17.3 Å². The van der Waals surface area contributed by atoms with E-state index in [0.717, 1.165) is 28.3 Å². The van der Waals surface area contributed by atoms with Gasteiger partial charge < -0.3 is 15.2 Å². The minimum Gasteiger partial charge on any atom is -0.398 e. The molecule has 1 aliphatic rings. The maximum absolute atomic E-state index is 6.12. The van der Waals surface area contributed by atoms with Crippen LogP contribution in [0, 0.1) is 6.92 Å². The summed E-state index contributed by atoms with van der Waals surface area (Å²) in [6.07, 6.45) is 1.46. The van der Waals surface area contributed by atoms with E-state index in [1.165, 1.54) is 0 Å².